The summed E-state index contributed by atoms with van der Waals surface area (Å²) >= 11 is 3.27. The number of aliphatic hydroxyl groups excluding tert-OH is 1. The van der Waals surface area contributed by atoms with E-state index >= 15 is 0 Å². The Balaban J connectivity index is 2.47. The molecule has 1 heterocycles. The molecule has 3 N–H and O–H groups in total. The van der Waals surface area contributed by atoms with Gasteiger partial charge in [-0.15, -0.1) is 0 Å². The average molecular weight is 246 g/mol. The van der Waals surface area contributed by atoms with Gasteiger partial charge in [-0.05, 0) is 46.8 Å². The van der Waals surface area contributed by atoms with Crippen LogP contribution in [0.1, 0.15) is 24.2 Å². The van der Waals surface area contributed by atoms with Crippen LogP contribution in [0, 0.1) is 0 Å². The molecule has 0 fully saturated rings. The molecule has 4 heteroatoms. The van der Waals surface area contributed by atoms with Gasteiger partial charge in [0, 0.05) is 0 Å². The zero-order valence-electron chi connectivity index (χ0n) is 7.22. The van der Waals surface area contributed by atoms with E-state index in [2.05, 4.69) is 15.9 Å². The normalized spacial score (nSPS) is 27.3. The van der Waals surface area contributed by atoms with E-state index < -0.39 is 5.54 Å². The number of nitrogens with two attached hydrogens (primary N) is 1. The first-order chi connectivity index (χ1) is 6.15. The molecule has 0 bridgehead atoms. The monoisotopic (exact) mass is 245 g/mol. The summed E-state index contributed by atoms with van der Waals surface area (Å²) < 4.78 is 6.14. The summed E-state index contributed by atoms with van der Waals surface area (Å²) in [7, 11) is 0. The summed E-state index contributed by atoms with van der Waals surface area (Å²) in [6.45, 7) is -0.0556. The van der Waals surface area contributed by atoms with E-state index in [4.69, 9.17) is 10.2 Å². The van der Waals surface area contributed by atoms with E-state index in [9.17, 15) is 5.11 Å². The van der Waals surface area contributed by atoms with Crippen molar-refractivity contribution in [3.63, 3.8) is 0 Å². The summed E-state index contributed by atoms with van der Waals surface area (Å²) in [5, 5.41) is 9.21. The predicted molar refractivity (Wildman–Crippen MR) is 52.3 cm³/mol. The van der Waals surface area contributed by atoms with Gasteiger partial charge in [-0.25, -0.2) is 0 Å². The summed E-state index contributed by atoms with van der Waals surface area (Å²) in [6, 6.07) is 1.94. The molecule has 3 nitrogen and oxygen atoms in total. The van der Waals surface area contributed by atoms with Crippen LogP contribution < -0.4 is 5.73 Å². The lowest BCUT2D eigenvalue weighted by molar-refractivity contribution is 0.154. The third kappa shape index (κ3) is 1.43. The zero-order chi connectivity index (χ0) is 9.47. The quantitative estimate of drug-likeness (QED) is 0.789. The number of aryl methyl sites for hydroxylation is 1. The molecule has 2 rings (SSSR count). The number of furan rings is 1. The van der Waals surface area contributed by atoms with Gasteiger partial charge in [0.15, 0.2) is 4.67 Å². The van der Waals surface area contributed by atoms with Crippen LogP contribution in [0.25, 0.3) is 0 Å². The molecule has 1 aliphatic carbocycles. The molecule has 1 aliphatic rings. The second kappa shape index (κ2) is 3.12. The lowest BCUT2D eigenvalue weighted by atomic mass is 9.83. The van der Waals surface area contributed by atoms with Crippen molar-refractivity contribution in [3.05, 3.63) is 22.1 Å². The SMILES string of the molecule is NC1(CO)CCCc2cc(Br)oc21. The molecule has 1 unspecified atom stereocenters. The van der Waals surface area contributed by atoms with Crippen LogP contribution >= 0.6 is 15.9 Å². The van der Waals surface area contributed by atoms with Gasteiger partial charge >= 0.3 is 0 Å². The van der Waals surface area contributed by atoms with Gasteiger partial charge in [0.25, 0.3) is 0 Å². The largest absolute Gasteiger partial charge is 0.452 e. The molecule has 1 aromatic heterocycles. The van der Waals surface area contributed by atoms with Gasteiger partial charge in [-0.2, -0.15) is 0 Å². The summed E-state index contributed by atoms with van der Waals surface area (Å²) in [4.78, 5) is 0. The fraction of sp³-hybridized carbons (Fsp3) is 0.556. The summed E-state index contributed by atoms with van der Waals surface area (Å²) in [5.74, 6) is 0.744. The van der Waals surface area contributed by atoms with Crippen LogP contribution in [0.4, 0.5) is 0 Å². The highest BCUT2D eigenvalue weighted by atomic mass is 79.9. The molecule has 0 radical (unpaired) electrons. The molecule has 0 aromatic carbocycles. The number of hydrogen-bond donors (Lipinski definition) is 2. The van der Waals surface area contributed by atoms with Gasteiger partial charge in [0.05, 0.1) is 12.1 Å². The Morgan fingerprint density at radius 2 is 2.46 bits per heavy atom. The van der Waals surface area contributed by atoms with E-state index in [0.717, 1.165) is 30.6 Å². The van der Waals surface area contributed by atoms with Crippen molar-refractivity contribution in [2.24, 2.45) is 5.73 Å². The minimum atomic E-state index is -0.667. The van der Waals surface area contributed by atoms with Crippen LogP contribution in [0.2, 0.25) is 0 Å². The standard InChI is InChI=1S/C9H12BrNO2/c10-7-4-6-2-1-3-9(11,5-12)8(6)13-7/h4,12H,1-3,5,11H2. The summed E-state index contributed by atoms with van der Waals surface area (Å²) in [5.41, 5.74) is 6.47. The molecule has 72 valence electrons. The van der Waals surface area contributed by atoms with Crippen LogP contribution in [-0.2, 0) is 12.0 Å². The topological polar surface area (TPSA) is 59.4 Å². The molecule has 0 saturated heterocycles. The molecule has 13 heavy (non-hydrogen) atoms. The van der Waals surface area contributed by atoms with E-state index in [1.807, 2.05) is 6.07 Å². The maximum Gasteiger partial charge on any atom is 0.169 e. The van der Waals surface area contributed by atoms with Crippen molar-refractivity contribution in [1.82, 2.24) is 0 Å². The third-order valence-electron chi connectivity index (χ3n) is 2.58. The van der Waals surface area contributed by atoms with Gasteiger partial charge in [0.1, 0.15) is 5.76 Å². The Morgan fingerprint density at radius 1 is 1.69 bits per heavy atom. The van der Waals surface area contributed by atoms with Crippen molar-refractivity contribution in [1.29, 1.82) is 0 Å². The van der Waals surface area contributed by atoms with Crippen LogP contribution in [-0.4, -0.2) is 11.7 Å². The average Bonchev–Trinajstić information content (AvgIpc) is 2.48. The summed E-state index contributed by atoms with van der Waals surface area (Å²) in [6.07, 6.45) is 2.79. The molecule has 0 spiro atoms. The minimum Gasteiger partial charge on any atom is -0.452 e. The van der Waals surface area contributed by atoms with E-state index in [1.165, 1.54) is 0 Å². The predicted octanol–water partition coefficient (Wildman–Crippen LogP) is 1.52. The highest BCUT2D eigenvalue weighted by Gasteiger charge is 2.35. The first-order valence-electron chi connectivity index (χ1n) is 4.34. The number of hydrogen-bond acceptors (Lipinski definition) is 3. The van der Waals surface area contributed by atoms with Crippen LogP contribution in [0.15, 0.2) is 15.2 Å². The number of rotatable bonds is 1. The highest BCUT2D eigenvalue weighted by Crippen LogP contribution is 2.36. The van der Waals surface area contributed by atoms with Crippen LogP contribution in [0.3, 0.4) is 0 Å². The maximum absolute atomic E-state index is 9.21. The smallest absolute Gasteiger partial charge is 0.169 e. The van der Waals surface area contributed by atoms with Gasteiger partial charge in [-0.1, -0.05) is 0 Å². The van der Waals surface area contributed by atoms with E-state index in [1.54, 1.807) is 0 Å². The fourth-order valence-corrected chi connectivity index (χ4v) is 2.30. The second-order valence-electron chi connectivity index (χ2n) is 3.57. The number of fused-ring (bicyclic) bond motifs is 1. The Labute approximate surface area is 85.0 Å². The Bertz CT molecular complexity index is 323. The van der Waals surface area contributed by atoms with Crippen molar-refractivity contribution >= 4 is 15.9 Å². The number of aliphatic hydroxyl groups is 1. The van der Waals surface area contributed by atoms with E-state index in [0.29, 0.717) is 4.67 Å². The molecule has 0 amide bonds. The maximum atomic E-state index is 9.21. The van der Waals surface area contributed by atoms with Crippen molar-refractivity contribution in [2.45, 2.75) is 24.8 Å². The third-order valence-corrected chi connectivity index (χ3v) is 2.97. The van der Waals surface area contributed by atoms with Crippen molar-refractivity contribution < 1.29 is 9.52 Å². The van der Waals surface area contributed by atoms with Gasteiger partial charge in [0.2, 0.25) is 0 Å². The van der Waals surface area contributed by atoms with E-state index in [-0.39, 0.29) is 6.61 Å². The van der Waals surface area contributed by atoms with Gasteiger partial charge < -0.3 is 15.3 Å². The highest BCUT2D eigenvalue weighted by molar-refractivity contribution is 9.10. The Kier molecular flexibility index (Phi) is 2.21. The molecule has 0 saturated carbocycles. The molecule has 1 aromatic rings. The second-order valence-corrected chi connectivity index (χ2v) is 4.35. The zero-order valence-corrected chi connectivity index (χ0v) is 8.80. The lowest BCUT2D eigenvalue weighted by Gasteiger charge is -2.29. The molecule has 0 aliphatic heterocycles. The number of halogens is 1. The Morgan fingerprint density at radius 3 is 3.15 bits per heavy atom. The van der Waals surface area contributed by atoms with Crippen molar-refractivity contribution in [2.75, 3.05) is 6.61 Å². The molecular weight excluding hydrogens is 234 g/mol. The lowest BCUT2D eigenvalue weighted by Crippen LogP contribution is -2.42. The fourth-order valence-electron chi connectivity index (χ4n) is 1.86. The van der Waals surface area contributed by atoms with Crippen molar-refractivity contribution in [3.8, 4) is 0 Å². The Hall–Kier alpha value is -0.320. The molecule has 1 atom stereocenters. The van der Waals surface area contributed by atoms with Crippen LogP contribution in [0.5, 0.6) is 0 Å². The first-order valence-corrected chi connectivity index (χ1v) is 5.13. The molecular formula is C9H12BrNO2. The van der Waals surface area contributed by atoms with Gasteiger partial charge in [-0.3, -0.25) is 0 Å². The first kappa shape index (κ1) is 9.24. The minimum absolute atomic E-state index is 0.0556.